The van der Waals surface area contributed by atoms with Gasteiger partial charge >= 0.3 is 6.98 Å². The van der Waals surface area contributed by atoms with Gasteiger partial charge in [-0.2, -0.15) is 0 Å². The Morgan fingerprint density at radius 3 is 1.66 bits per heavy atom. The molecule has 0 bridgehead atoms. The number of benzene rings is 4. The van der Waals surface area contributed by atoms with Crippen molar-refractivity contribution in [2.24, 2.45) is 0 Å². The zero-order valence-corrected chi connectivity index (χ0v) is 22.9. The molecular formula is C28H16BBrF8O2S. The van der Waals surface area contributed by atoms with E-state index in [1.54, 1.807) is 36.4 Å². The molecule has 0 spiro atoms. The van der Waals surface area contributed by atoms with Crippen LogP contribution in [0.15, 0.2) is 94.3 Å². The summed E-state index contributed by atoms with van der Waals surface area (Å²) in [6.07, 6.45) is 0. The first-order valence-electron chi connectivity index (χ1n) is 11.4. The zero-order valence-electron chi connectivity index (χ0n) is 20.5. The molecule has 212 valence electrons. The molecule has 2 nitrogen and oxygen atoms in total. The highest BCUT2D eigenvalue weighted by atomic mass is 79.9. The number of hydrogen-bond donors (Lipinski definition) is 0. The van der Waals surface area contributed by atoms with Gasteiger partial charge in [0.1, 0.15) is 11.6 Å². The Bertz CT molecular complexity index is 1620. The minimum Gasteiger partial charge on any atom is -0.445 e. The van der Waals surface area contributed by atoms with Crippen LogP contribution >= 0.6 is 15.9 Å². The van der Waals surface area contributed by atoms with E-state index in [4.69, 9.17) is 0 Å². The summed E-state index contributed by atoms with van der Waals surface area (Å²) >= 11 is 3.35. The van der Waals surface area contributed by atoms with E-state index >= 15 is 0 Å². The summed E-state index contributed by atoms with van der Waals surface area (Å²) in [6.45, 7) is -6.30. The van der Waals surface area contributed by atoms with Crippen LogP contribution in [0.5, 0.6) is 0 Å². The van der Waals surface area contributed by atoms with Crippen molar-refractivity contribution in [2.75, 3.05) is 5.75 Å². The Kier molecular flexibility index (Phi) is 10.3. The largest absolute Gasteiger partial charge is 0.515 e. The molecular weight excluding hydrogens is 643 g/mol. The van der Waals surface area contributed by atoms with Crippen molar-refractivity contribution in [3.63, 3.8) is 0 Å². The van der Waals surface area contributed by atoms with Gasteiger partial charge in [-0.15, -0.1) is 0 Å². The molecule has 0 heterocycles. The molecule has 0 aliphatic rings. The lowest BCUT2D eigenvalue weighted by atomic mass is 9.79. The van der Waals surface area contributed by atoms with Crippen LogP contribution in [-0.4, -0.2) is 18.5 Å². The molecule has 4 aromatic carbocycles. The standard InChI is InChI=1S/C22H16BrO2S.C6BF8/c23-20-13-11-19(12-14-20)22(24)17-26(25,21-9-5-2-6-10-21)16-15-18-7-3-1-4-8-18;8-2-1(7(13,14)15)3(9)5(11)6(12)4(2)10/h1-14H,17H2;/q+1;-1. The predicted octanol–water partition coefficient (Wildman–Crippen LogP) is 7.64. The van der Waals surface area contributed by atoms with Crippen molar-refractivity contribution < 1.29 is 43.9 Å². The topological polar surface area (TPSA) is 34.1 Å². The molecule has 0 radical (unpaired) electrons. The fourth-order valence-electron chi connectivity index (χ4n) is 3.29. The van der Waals surface area contributed by atoms with E-state index in [1.165, 1.54) is 0 Å². The zero-order chi connectivity index (χ0) is 30.4. The maximum atomic E-state index is 13.6. The number of rotatable bonds is 5. The van der Waals surface area contributed by atoms with E-state index < -0.39 is 51.5 Å². The second kappa shape index (κ2) is 13.3. The van der Waals surface area contributed by atoms with Crippen LogP contribution in [0.4, 0.5) is 34.9 Å². The number of ketones is 1. The molecule has 0 aromatic heterocycles. The van der Waals surface area contributed by atoms with Gasteiger partial charge in [0.15, 0.2) is 33.4 Å². The highest BCUT2D eigenvalue weighted by Gasteiger charge is 2.38. The number of hydrogen-bond acceptors (Lipinski definition) is 2. The molecule has 0 amide bonds. The first kappa shape index (κ1) is 31.8. The second-order valence-corrected chi connectivity index (χ2v) is 11.4. The summed E-state index contributed by atoms with van der Waals surface area (Å²) in [5.74, 6) is -10.9. The Balaban J connectivity index is 0.000000263. The van der Waals surface area contributed by atoms with E-state index in [-0.39, 0.29) is 11.5 Å². The summed E-state index contributed by atoms with van der Waals surface area (Å²) in [5.41, 5.74) is -1.43. The Morgan fingerprint density at radius 2 is 1.17 bits per heavy atom. The van der Waals surface area contributed by atoms with E-state index in [0.29, 0.717) is 10.5 Å². The average Bonchev–Trinajstić information content (AvgIpc) is 2.95. The Morgan fingerprint density at radius 1 is 0.707 bits per heavy atom. The van der Waals surface area contributed by atoms with E-state index in [9.17, 15) is 43.9 Å². The van der Waals surface area contributed by atoms with Gasteiger partial charge in [0.2, 0.25) is 15.7 Å². The molecule has 13 heteroatoms. The van der Waals surface area contributed by atoms with Crippen molar-refractivity contribution in [3.05, 3.63) is 130 Å². The molecule has 0 N–H and O–H groups in total. The molecule has 1 atom stereocenters. The third-order valence-electron chi connectivity index (χ3n) is 5.33. The van der Waals surface area contributed by atoms with Crippen LogP contribution in [0.2, 0.25) is 0 Å². The fourth-order valence-corrected chi connectivity index (χ4v) is 5.33. The summed E-state index contributed by atoms with van der Waals surface area (Å²) in [7, 11) is -2.85. The Hall–Kier alpha value is -3.76. The van der Waals surface area contributed by atoms with Gasteiger partial charge < -0.3 is 12.9 Å². The molecule has 0 aliphatic carbocycles. The Labute approximate surface area is 239 Å². The lowest BCUT2D eigenvalue weighted by molar-refractivity contribution is 0.102. The fraction of sp³-hybridized carbons (Fsp3) is 0.0357. The minimum absolute atomic E-state index is 0.140. The van der Waals surface area contributed by atoms with Gasteiger partial charge in [-0.3, -0.25) is 4.79 Å². The van der Waals surface area contributed by atoms with E-state index in [2.05, 4.69) is 27.1 Å². The summed E-state index contributed by atoms with van der Waals surface area (Å²) in [4.78, 5) is 13.3. The molecule has 1 unspecified atom stereocenters. The summed E-state index contributed by atoms with van der Waals surface area (Å²) in [5, 5.41) is 2.89. The quantitative estimate of drug-likeness (QED) is 0.0420. The van der Waals surface area contributed by atoms with Crippen molar-refractivity contribution in [3.8, 4) is 11.2 Å². The van der Waals surface area contributed by atoms with Crippen molar-refractivity contribution in [2.45, 2.75) is 4.90 Å². The van der Waals surface area contributed by atoms with Gasteiger partial charge in [0.25, 0.3) is 0 Å². The van der Waals surface area contributed by atoms with E-state index in [0.717, 1.165) is 10.0 Å². The molecule has 0 aliphatic heterocycles. The highest BCUT2D eigenvalue weighted by Crippen LogP contribution is 2.23. The first-order valence-corrected chi connectivity index (χ1v) is 13.9. The van der Waals surface area contributed by atoms with Gasteiger partial charge in [-0.1, -0.05) is 68.7 Å². The van der Waals surface area contributed by atoms with Gasteiger partial charge in [-0.25, -0.2) is 22.0 Å². The number of halogens is 9. The molecule has 41 heavy (non-hydrogen) atoms. The monoisotopic (exact) mass is 658 g/mol. The van der Waals surface area contributed by atoms with Gasteiger partial charge in [-0.05, 0) is 47.8 Å². The van der Waals surface area contributed by atoms with Crippen LogP contribution < -0.4 is 5.46 Å². The third kappa shape index (κ3) is 7.92. The first-order chi connectivity index (χ1) is 19.2. The van der Waals surface area contributed by atoms with Crippen LogP contribution in [0.3, 0.4) is 0 Å². The maximum Gasteiger partial charge on any atom is 0.515 e. The minimum atomic E-state index is -6.30. The summed E-state index contributed by atoms with van der Waals surface area (Å²) < 4.78 is 112. The van der Waals surface area contributed by atoms with Crippen molar-refractivity contribution >= 4 is 44.1 Å². The maximum absolute atomic E-state index is 13.6. The predicted molar refractivity (Wildman–Crippen MR) is 144 cm³/mol. The third-order valence-corrected chi connectivity index (χ3v) is 7.99. The van der Waals surface area contributed by atoms with Crippen LogP contribution in [0.25, 0.3) is 0 Å². The lowest BCUT2D eigenvalue weighted by Gasteiger charge is -2.17. The second-order valence-electron chi connectivity index (χ2n) is 8.21. The van der Waals surface area contributed by atoms with Crippen LogP contribution in [0.1, 0.15) is 15.9 Å². The lowest BCUT2D eigenvalue weighted by Crippen LogP contribution is -2.41. The molecule has 0 saturated heterocycles. The van der Waals surface area contributed by atoms with Crippen LogP contribution in [-0.2, 0) is 14.1 Å². The smallest absolute Gasteiger partial charge is 0.445 e. The number of Topliss-reactive ketones (excluding diaryl/α,β-unsaturated/α-hetero) is 1. The van der Waals surface area contributed by atoms with E-state index in [1.807, 2.05) is 48.5 Å². The molecule has 0 fully saturated rings. The molecule has 4 aromatic rings. The SMILES string of the molecule is Fc1c(F)c(F)c([B-](F)(F)F)c(F)c1F.O=C(C[S+](=O)(C#Cc1ccccc1)c1ccccc1)c1ccc(Br)cc1. The van der Waals surface area contributed by atoms with Crippen molar-refractivity contribution in [1.29, 1.82) is 0 Å². The van der Waals surface area contributed by atoms with Gasteiger partial charge in [0, 0.05) is 15.6 Å². The van der Waals surface area contributed by atoms with Crippen LogP contribution in [0, 0.1) is 40.3 Å². The van der Waals surface area contributed by atoms with Crippen molar-refractivity contribution in [1.82, 2.24) is 0 Å². The average molecular weight is 659 g/mol. The normalized spacial score (nSPS) is 12.3. The van der Waals surface area contributed by atoms with Gasteiger partial charge in [0.05, 0.1) is 0 Å². The summed E-state index contributed by atoms with van der Waals surface area (Å²) in [6, 6.07) is 25.4. The molecule has 4 rings (SSSR count). The number of carbonyl (C=O) groups excluding carboxylic acids is 1. The highest BCUT2D eigenvalue weighted by molar-refractivity contribution is 9.10. The number of carbonyl (C=O) groups is 1. The molecule has 0 saturated carbocycles.